The lowest BCUT2D eigenvalue weighted by Crippen LogP contribution is -2.40. The second kappa shape index (κ2) is 9.02. The average molecular weight is 505 g/mol. The molecule has 8 nitrogen and oxygen atoms in total. The fourth-order valence-electron chi connectivity index (χ4n) is 3.54. The number of rotatable bonds is 5. The number of carbonyl (C=O) groups excluding carboxylic acids is 1. The van der Waals surface area contributed by atoms with Crippen LogP contribution in [0.5, 0.6) is 5.75 Å². The van der Waals surface area contributed by atoms with Gasteiger partial charge >= 0.3 is 17.8 Å². The van der Waals surface area contributed by atoms with Gasteiger partial charge in [0.15, 0.2) is 6.10 Å². The molecule has 0 spiro atoms. The van der Waals surface area contributed by atoms with E-state index in [0.29, 0.717) is 37.6 Å². The number of nitrogens with zero attached hydrogens (tertiary/aromatic N) is 3. The molecular formula is C23H18F3N3O5S. The predicted octanol–water partition coefficient (Wildman–Crippen LogP) is 3.77. The van der Waals surface area contributed by atoms with E-state index >= 15 is 0 Å². The summed E-state index contributed by atoms with van der Waals surface area (Å²) >= 11 is 1.17. The summed E-state index contributed by atoms with van der Waals surface area (Å²) in [4.78, 5) is 36.8. The molecule has 0 N–H and O–H groups in total. The number of benzene rings is 2. The topological polar surface area (TPSA) is 92.4 Å². The Morgan fingerprint density at radius 3 is 2.54 bits per heavy atom. The maximum Gasteiger partial charge on any atom is 0.431 e. The highest BCUT2D eigenvalue weighted by atomic mass is 32.1. The third-order valence-electron chi connectivity index (χ3n) is 5.28. The van der Waals surface area contributed by atoms with Gasteiger partial charge in [0.25, 0.3) is 5.56 Å². The van der Waals surface area contributed by atoms with Gasteiger partial charge in [-0.15, -0.1) is 0 Å². The molecule has 1 atom stereocenters. The van der Waals surface area contributed by atoms with Crippen molar-refractivity contribution in [2.75, 3.05) is 7.11 Å². The number of fused-ring (bicyclic) bond motifs is 1. The molecule has 0 radical (unpaired) electrons. The van der Waals surface area contributed by atoms with Crippen molar-refractivity contribution in [3.8, 4) is 22.7 Å². The van der Waals surface area contributed by atoms with Crippen LogP contribution in [0.1, 0.15) is 12.6 Å². The number of ether oxygens (including phenoxy) is 2. The molecule has 0 amide bonds. The fourth-order valence-corrected chi connectivity index (χ4v) is 4.32. The monoisotopic (exact) mass is 505 g/mol. The van der Waals surface area contributed by atoms with Crippen LogP contribution in [0.3, 0.4) is 0 Å². The predicted molar refractivity (Wildman–Crippen MR) is 123 cm³/mol. The molecule has 0 bridgehead atoms. The summed E-state index contributed by atoms with van der Waals surface area (Å²) in [5, 5.41) is 0.583. The minimum absolute atomic E-state index is 0.102. The minimum atomic E-state index is -4.85. The second-order valence-electron chi connectivity index (χ2n) is 7.57. The van der Waals surface area contributed by atoms with Gasteiger partial charge in [-0.1, -0.05) is 12.1 Å². The van der Waals surface area contributed by atoms with Gasteiger partial charge in [0.1, 0.15) is 11.4 Å². The van der Waals surface area contributed by atoms with Crippen LogP contribution in [0.2, 0.25) is 0 Å². The Hall–Kier alpha value is -3.93. The molecule has 0 aliphatic rings. The zero-order valence-corrected chi connectivity index (χ0v) is 19.4. The van der Waals surface area contributed by atoms with E-state index in [-0.39, 0.29) is 5.69 Å². The minimum Gasteiger partial charge on any atom is -0.479 e. The molecular weight excluding hydrogens is 487 g/mol. The summed E-state index contributed by atoms with van der Waals surface area (Å²) in [5.41, 5.74) is -2.31. The van der Waals surface area contributed by atoms with E-state index in [1.807, 2.05) is 0 Å². The second-order valence-corrected chi connectivity index (χ2v) is 8.37. The van der Waals surface area contributed by atoms with Gasteiger partial charge < -0.3 is 9.47 Å². The van der Waals surface area contributed by atoms with Crippen molar-refractivity contribution in [1.82, 2.24) is 13.5 Å². The van der Waals surface area contributed by atoms with Gasteiger partial charge in [-0.2, -0.15) is 17.5 Å². The highest BCUT2D eigenvalue weighted by molar-refractivity contribution is 7.13. The number of hydrogen-bond donors (Lipinski definition) is 0. The lowest BCUT2D eigenvalue weighted by Gasteiger charge is -2.14. The third-order valence-corrected chi connectivity index (χ3v) is 6.10. The molecule has 2 aromatic carbocycles. The van der Waals surface area contributed by atoms with Crippen LogP contribution in [0.4, 0.5) is 13.2 Å². The number of alkyl halides is 3. The van der Waals surface area contributed by atoms with Crippen LogP contribution in [-0.4, -0.2) is 32.7 Å². The summed E-state index contributed by atoms with van der Waals surface area (Å²) < 4.78 is 56.1. The highest BCUT2D eigenvalue weighted by Gasteiger charge is 2.35. The Labute approximate surface area is 199 Å². The Bertz CT molecular complexity index is 1550. The van der Waals surface area contributed by atoms with Crippen LogP contribution in [0.25, 0.3) is 27.0 Å². The van der Waals surface area contributed by atoms with Gasteiger partial charge in [-0.3, -0.25) is 9.36 Å². The molecule has 0 aliphatic heterocycles. The summed E-state index contributed by atoms with van der Waals surface area (Å²) in [6.45, 7) is 1.55. The van der Waals surface area contributed by atoms with E-state index in [9.17, 15) is 27.6 Å². The first-order valence-corrected chi connectivity index (χ1v) is 10.9. The van der Waals surface area contributed by atoms with Gasteiger partial charge in [0.05, 0.1) is 23.2 Å². The normalized spacial score (nSPS) is 12.5. The lowest BCUT2D eigenvalue weighted by molar-refractivity contribution is -0.148. The molecule has 0 saturated heterocycles. The molecule has 1 unspecified atom stereocenters. The first-order valence-electron chi connectivity index (χ1n) is 10.2. The third kappa shape index (κ3) is 4.56. The van der Waals surface area contributed by atoms with Crippen LogP contribution in [-0.2, 0) is 22.8 Å². The van der Waals surface area contributed by atoms with Crippen LogP contribution in [0.15, 0.2) is 58.1 Å². The number of hydrogen-bond acceptors (Lipinski definition) is 7. The standard InChI is InChI=1S/C23H18F3N3O5S/c1-12(21(31)33-3)34-15-6-4-5-13(9-15)20-16-10-14(7-8-17(16)35-27-20)29-19(30)11-18(23(24,25)26)28(2)22(29)32/h4-12H,1-3H3. The van der Waals surface area contributed by atoms with Crippen molar-refractivity contribution in [3.63, 3.8) is 0 Å². The smallest absolute Gasteiger partial charge is 0.431 e. The quantitative estimate of drug-likeness (QED) is 0.384. The van der Waals surface area contributed by atoms with E-state index in [1.165, 1.54) is 30.8 Å². The molecule has 0 saturated carbocycles. The number of methoxy groups -OCH3 is 1. The van der Waals surface area contributed by atoms with E-state index in [1.54, 1.807) is 37.3 Å². The maximum atomic E-state index is 13.2. The van der Waals surface area contributed by atoms with Crippen LogP contribution >= 0.6 is 11.5 Å². The van der Waals surface area contributed by atoms with E-state index in [2.05, 4.69) is 9.11 Å². The average Bonchev–Trinajstić information content (AvgIpc) is 3.23. The zero-order valence-electron chi connectivity index (χ0n) is 18.6. The maximum absolute atomic E-state index is 13.2. The van der Waals surface area contributed by atoms with Crippen LogP contribution < -0.4 is 16.0 Å². The molecule has 182 valence electrons. The van der Waals surface area contributed by atoms with Crippen molar-refractivity contribution >= 4 is 27.6 Å². The summed E-state index contributed by atoms with van der Waals surface area (Å²) in [6.07, 6.45) is -5.68. The fraction of sp³-hybridized carbons (Fsp3) is 0.217. The molecule has 12 heteroatoms. The van der Waals surface area contributed by atoms with Gasteiger partial charge in [-0.25, -0.2) is 14.2 Å². The lowest BCUT2D eigenvalue weighted by atomic mass is 10.1. The van der Waals surface area contributed by atoms with Crippen molar-refractivity contribution < 1.29 is 27.4 Å². The largest absolute Gasteiger partial charge is 0.479 e. The van der Waals surface area contributed by atoms with Gasteiger partial charge in [0, 0.05) is 24.1 Å². The highest BCUT2D eigenvalue weighted by Crippen LogP contribution is 2.34. The molecule has 35 heavy (non-hydrogen) atoms. The van der Waals surface area contributed by atoms with Crippen molar-refractivity contribution in [3.05, 3.63) is 75.1 Å². The molecule has 2 heterocycles. The first kappa shape index (κ1) is 24.2. The number of esters is 1. The molecule has 0 fully saturated rings. The van der Waals surface area contributed by atoms with Crippen molar-refractivity contribution in [2.45, 2.75) is 19.2 Å². The Morgan fingerprint density at radius 2 is 1.86 bits per heavy atom. The number of aromatic nitrogens is 3. The number of carbonyl (C=O) groups is 1. The summed E-state index contributed by atoms with van der Waals surface area (Å²) in [6, 6.07) is 11.8. The Morgan fingerprint density at radius 1 is 1.11 bits per heavy atom. The summed E-state index contributed by atoms with van der Waals surface area (Å²) in [7, 11) is 2.21. The van der Waals surface area contributed by atoms with E-state index in [0.717, 1.165) is 11.7 Å². The molecule has 0 aliphatic carbocycles. The Balaban J connectivity index is 1.80. The van der Waals surface area contributed by atoms with Gasteiger partial charge in [-0.05, 0) is 48.8 Å². The van der Waals surface area contributed by atoms with Crippen molar-refractivity contribution in [1.29, 1.82) is 0 Å². The zero-order chi connectivity index (χ0) is 25.5. The molecule has 4 rings (SSSR count). The van der Waals surface area contributed by atoms with Crippen molar-refractivity contribution in [2.24, 2.45) is 7.05 Å². The first-order chi connectivity index (χ1) is 16.5. The van der Waals surface area contributed by atoms with E-state index in [4.69, 9.17) is 4.74 Å². The number of halogens is 3. The van der Waals surface area contributed by atoms with Crippen LogP contribution in [0, 0.1) is 0 Å². The SMILES string of the molecule is COC(=O)C(C)Oc1cccc(-c2nsc3ccc(-n4c(=O)cc(C(F)(F)F)n(C)c4=O)cc23)c1. The molecule has 2 aromatic heterocycles. The summed E-state index contributed by atoms with van der Waals surface area (Å²) in [5.74, 6) is -0.145. The Kier molecular flexibility index (Phi) is 6.24. The van der Waals surface area contributed by atoms with E-state index < -0.39 is 35.2 Å². The van der Waals surface area contributed by atoms with Gasteiger partial charge in [0.2, 0.25) is 0 Å². The molecule has 4 aromatic rings.